The van der Waals surface area contributed by atoms with Gasteiger partial charge in [0.1, 0.15) is 0 Å². The molecule has 0 radical (unpaired) electrons. The van der Waals surface area contributed by atoms with Gasteiger partial charge < -0.3 is 9.31 Å². The lowest BCUT2D eigenvalue weighted by molar-refractivity contribution is 0.00578. The molecule has 1 saturated heterocycles. The Morgan fingerprint density at radius 3 is 2.35 bits per heavy atom. The maximum Gasteiger partial charge on any atom is 0.494 e. The maximum atomic E-state index is 11.9. The average molecular weight is 272 g/mol. The molecule has 4 heteroatoms. The zero-order chi connectivity index (χ0) is 14.5. The van der Waals surface area contributed by atoms with Crippen molar-refractivity contribution in [1.29, 1.82) is 0 Å². The standard InChI is InChI=1S/C16H21BO3/c1-15(2)16(3,4)20-17(19-15)12-8-9-13-11(10-12)6-5-7-14(13)18/h8-10H,5-7H2,1-4H3. The van der Waals surface area contributed by atoms with Gasteiger partial charge in [-0.15, -0.1) is 0 Å². The third kappa shape index (κ3) is 2.11. The first kappa shape index (κ1) is 13.8. The molecule has 1 aromatic carbocycles. The van der Waals surface area contributed by atoms with Crippen LogP contribution in [0.25, 0.3) is 0 Å². The van der Waals surface area contributed by atoms with Gasteiger partial charge >= 0.3 is 7.12 Å². The summed E-state index contributed by atoms with van der Waals surface area (Å²) in [6.07, 6.45) is 2.58. The molecule has 1 aromatic rings. The number of hydrogen-bond acceptors (Lipinski definition) is 3. The summed E-state index contributed by atoms with van der Waals surface area (Å²) in [5.41, 5.74) is 2.36. The number of ketones is 1. The highest BCUT2D eigenvalue weighted by Gasteiger charge is 2.51. The number of carbonyl (C=O) groups is 1. The molecule has 0 N–H and O–H groups in total. The molecule has 0 saturated carbocycles. The fourth-order valence-corrected chi connectivity index (χ4v) is 2.79. The lowest BCUT2D eigenvalue weighted by Crippen LogP contribution is -2.41. The molecule has 0 atom stereocenters. The van der Waals surface area contributed by atoms with Gasteiger partial charge in [0.25, 0.3) is 0 Å². The van der Waals surface area contributed by atoms with E-state index in [-0.39, 0.29) is 24.1 Å². The van der Waals surface area contributed by atoms with Gasteiger partial charge in [0.2, 0.25) is 0 Å². The molecule has 0 unspecified atom stereocenters. The minimum atomic E-state index is -0.345. The van der Waals surface area contributed by atoms with E-state index in [1.165, 1.54) is 0 Å². The molecule has 0 bridgehead atoms. The first-order valence-corrected chi connectivity index (χ1v) is 7.32. The van der Waals surface area contributed by atoms with E-state index >= 15 is 0 Å². The van der Waals surface area contributed by atoms with Crippen LogP contribution in [0.4, 0.5) is 0 Å². The summed E-state index contributed by atoms with van der Waals surface area (Å²) in [5, 5.41) is 0. The van der Waals surface area contributed by atoms with Crippen molar-refractivity contribution in [3.05, 3.63) is 29.3 Å². The molecule has 1 heterocycles. The van der Waals surface area contributed by atoms with Crippen LogP contribution in [0, 0.1) is 0 Å². The Morgan fingerprint density at radius 1 is 1.05 bits per heavy atom. The zero-order valence-corrected chi connectivity index (χ0v) is 12.7. The summed E-state index contributed by atoms with van der Waals surface area (Å²) in [7, 11) is -0.345. The number of fused-ring (bicyclic) bond motifs is 1. The van der Waals surface area contributed by atoms with Gasteiger partial charge in [0, 0.05) is 12.0 Å². The number of benzene rings is 1. The minimum Gasteiger partial charge on any atom is -0.399 e. The Balaban J connectivity index is 1.92. The number of Topliss-reactive ketones (excluding diaryl/α,β-unsaturated/α-hetero) is 1. The second kappa shape index (κ2) is 4.44. The molecule has 0 aromatic heterocycles. The quantitative estimate of drug-likeness (QED) is 0.737. The second-order valence-electron chi connectivity index (χ2n) is 6.78. The first-order chi connectivity index (χ1) is 9.30. The Labute approximate surface area is 120 Å². The summed E-state index contributed by atoms with van der Waals surface area (Å²) in [6.45, 7) is 8.20. The van der Waals surface area contributed by atoms with Crippen LogP contribution in [0.3, 0.4) is 0 Å². The van der Waals surface area contributed by atoms with E-state index in [0.717, 1.165) is 29.4 Å². The van der Waals surface area contributed by atoms with Crippen molar-refractivity contribution in [2.45, 2.75) is 58.2 Å². The lowest BCUT2D eigenvalue weighted by atomic mass is 9.76. The molecule has 0 spiro atoms. The third-order valence-corrected chi connectivity index (χ3v) is 4.81. The molecular weight excluding hydrogens is 251 g/mol. The molecule has 106 valence electrons. The average Bonchev–Trinajstić information content (AvgIpc) is 2.58. The van der Waals surface area contributed by atoms with Gasteiger partial charge in [0.15, 0.2) is 5.78 Å². The highest BCUT2D eigenvalue weighted by atomic mass is 16.7. The molecule has 1 aliphatic carbocycles. The van der Waals surface area contributed by atoms with E-state index in [0.29, 0.717) is 6.42 Å². The fourth-order valence-electron chi connectivity index (χ4n) is 2.79. The molecular formula is C16H21BO3. The molecule has 1 aliphatic heterocycles. The predicted molar refractivity (Wildman–Crippen MR) is 79.4 cm³/mol. The third-order valence-electron chi connectivity index (χ3n) is 4.81. The Kier molecular flexibility index (Phi) is 3.07. The van der Waals surface area contributed by atoms with E-state index < -0.39 is 0 Å². The van der Waals surface area contributed by atoms with Crippen molar-refractivity contribution < 1.29 is 14.1 Å². The highest BCUT2D eigenvalue weighted by molar-refractivity contribution is 6.62. The van der Waals surface area contributed by atoms with E-state index in [1.54, 1.807) is 0 Å². The number of carbonyl (C=O) groups excluding carboxylic acids is 1. The molecule has 3 rings (SSSR count). The predicted octanol–water partition coefficient (Wildman–Crippen LogP) is 2.50. The van der Waals surface area contributed by atoms with Crippen molar-refractivity contribution in [2.24, 2.45) is 0 Å². The zero-order valence-electron chi connectivity index (χ0n) is 12.7. The van der Waals surface area contributed by atoms with Crippen LogP contribution in [0.5, 0.6) is 0 Å². The van der Waals surface area contributed by atoms with E-state index in [1.807, 2.05) is 12.1 Å². The van der Waals surface area contributed by atoms with Crippen LogP contribution in [0.2, 0.25) is 0 Å². The van der Waals surface area contributed by atoms with Crippen molar-refractivity contribution >= 4 is 18.4 Å². The van der Waals surface area contributed by atoms with E-state index in [2.05, 4.69) is 33.8 Å². The van der Waals surface area contributed by atoms with Gasteiger partial charge in [-0.3, -0.25) is 4.79 Å². The largest absolute Gasteiger partial charge is 0.494 e. The summed E-state index contributed by atoms with van der Waals surface area (Å²) < 4.78 is 12.1. The lowest BCUT2D eigenvalue weighted by Gasteiger charge is -2.32. The normalized spacial score (nSPS) is 23.8. The maximum absolute atomic E-state index is 11.9. The van der Waals surface area contributed by atoms with Crippen LogP contribution in [-0.4, -0.2) is 24.1 Å². The van der Waals surface area contributed by atoms with Crippen LogP contribution < -0.4 is 5.46 Å². The summed E-state index contributed by atoms with van der Waals surface area (Å²) in [4.78, 5) is 11.9. The monoisotopic (exact) mass is 272 g/mol. The molecule has 1 fully saturated rings. The second-order valence-corrected chi connectivity index (χ2v) is 6.78. The van der Waals surface area contributed by atoms with Crippen LogP contribution >= 0.6 is 0 Å². The van der Waals surface area contributed by atoms with Crippen molar-refractivity contribution in [3.8, 4) is 0 Å². The summed E-state index contributed by atoms with van der Waals surface area (Å²) in [5.74, 6) is 0.256. The van der Waals surface area contributed by atoms with Gasteiger partial charge in [0.05, 0.1) is 11.2 Å². The van der Waals surface area contributed by atoms with Crippen molar-refractivity contribution in [2.75, 3.05) is 0 Å². The molecule has 20 heavy (non-hydrogen) atoms. The number of hydrogen-bond donors (Lipinski definition) is 0. The number of aryl methyl sites for hydroxylation is 1. The Bertz CT molecular complexity index is 547. The van der Waals surface area contributed by atoms with Gasteiger partial charge in [-0.25, -0.2) is 0 Å². The van der Waals surface area contributed by atoms with Gasteiger partial charge in [-0.05, 0) is 51.6 Å². The smallest absolute Gasteiger partial charge is 0.399 e. The van der Waals surface area contributed by atoms with Crippen LogP contribution in [0.1, 0.15) is 56.5 Å². The minimum absolute atomic E-state index is 0.256. The molecule has 3 nitrogen and oxygen atoms in total. The summed E-state index contributed by atoms with van der Waals surface area (Å²) >= 11 is 0. The van der Waals surface area contributed by atoms with Crippen molar-refractivity contribution in [1.82, 2.24) is 0 Å². The first-order valence-electron chi connectivity index (χ1n) is 7.32. The highest BCUT2D eigenvalue weighted by Crippen LogP contribution is 2.36. The topological polar surface area (TPSA) is 35.5 Å². The molecule has 2 aliphatic rings. The Morgan fingerprint density at radius 2 is 1.70 bits per heavy atom. The SMILES string of the molecule is CC1(C)OB(c2ccc3c(c2)CCCC3=O)OC1(C)C. The Hall–Kier alpha value is -1.13. The van der Waals surface area contributed by atoms with Gasteiger partial charge in [-0.1, -0.05) is 18.2 Å². The van der Waals surface area contributed by atoms with E-state index in [9.17, 15) is 4.79 Å². The number of rotatable bonds is 1. The van der Waals surface area contributed by atoms with Gasteiger partial charge in [-0.2, -0.15) is 0 Å². The van der Waals surface area contributed by atoms with E-state index in [4.69, 9.17) is 9.31 Å². The van der Waals surface area contributed by atoms with Crippen LogP contribution in [-0.2, 0) is 15.7 Å². The van der Waals surface area contributed by atoms with Crippen molar-refractivity contribution in [3.63, 3.8) is 0 Å². The van der Waals surface area contributed by atoms with Crippen LogP contribution in [0.15, 0.2) is 18.2 Å². The molecule has 0 amide bonds. The fraction of sp³-hybridized carbons (Fsp3) is 0.562. The summed E-state index contributed by atoms with van der Waals surface area (Å²) in [6, 6.07) is 5.97.